The summed E-state index contributed by atoms with van der Waals surface area (Å²) in [6.45, 7) is 14.8. The lowest BCUT2D eigenvalue weighted by atomic mass is 10.2. The third-order valence-electron chi connectivity index (χ3n) is 3.73. The van der Waals surface area contributed by atoms with Gasteiger partial charge in [0.25, 0.3) is 5.91 Å². The van der Waals surface area contributed by atoms with Crippen molar-refractivity contribution >= 4 is 14.2 Å². The van der Waals surface area contributed by atoms with Crippen LogP contribution in [0.1, 0.15) is 27.2 Å². The van der Waals surface area contributed by atoms with E-state index in [4.69, 9.17) is 9.26 Å². The second kappa shape index (κ2) is 7.76. The van der Waals surface area contributed by atoms with E-state index in [0.29, 0.717) is 6.42 Å². The van der Waals surface area contributed by atoms with Crippen molar-refractivity contribution in [2.24, 2.45) is 0 Å². The van der Waals surface area contributed by atoms with Crippen LogP contribution in [0, 0.1) is 0 Å². The average Bonchev–Trinajstić information content (AvgIpc) is 2.34. The Morgan fingerprint density at radius 3 is 2.35 bits per heavy atom. The van der Waals surface area contributed by atoms with E-state index in [1.807, 2.05) is 0 Å². The lowest BCUT2D eigenvalue weighted by Crippen LogP contribution is -2.43. The van der Waals surface area contributed by atoms with E-state index >= 15 is 0 Å². The van der Waals surface area contributed by atoms with Gasteiger partial charge in [-0.3, -0.25) is 9.63 Å². The van der Waals surface area contributed by atoms with E-state index in [2.05, 4.69) is 40.4 Å². The molecule has 1 atom stereocenters. The molecule has 0 saturated carbocycles. The summed E-state index contributed by atoms with van der Waals surface area (Å²) in [7, 11) is 1.21. The van der Waals surface area contributed by atoms with E-state index in [9.17, 15) is 4.79 Å². The van der Waals surface area contributed by atoms with Crippen molar-refractivity contribution in [1.82, 2.24) is 5.06 Å². The summed E-state index contributed by atoms with van der Waals surface area (Å²) in [4.78, 5) is 16.4. The van der Waals surface area contributed by atoms with Gasteiger partial charge in [-0.05, 0) is 24.6 Å². The Balaban J connectivity index is 4.55. The summed E-state index contributed by atoms with van der Waals surface area (Å²) in [5.41, 5.74) is 0. The fourth-order valence-electron chi connectivity index (χ4n) is 1.25. The van der Waals surface area contributed by atoms with Crippen LogP contribution in [0.15, 0.2) is 24.8 Å². The largest absolute Gasteiger partial charge is 0.410 e. The highest BCUT2D eigenvalue weighted by atomic mass is 28.4. The molecule has 0 fully saturated rings. The fraction of sp³-hybridized carbons (Fsp3) is 0.667. The van der Waals surface area contributed by atoms with E-state index in [1.54, 1.807) is 19.2 Å². The zero-order valence-corrected chi connectivity index (χ0v) is 14.9. The van der Waals surface area contributed by atoms with Crippen LogP contribution >= 0.6 is 0 Å². The first-order valence-electron chi connectivity index (χ1n) is 6.84. The van der Waals surface area contributed by atoms with Gasteiger partial charge in [0.15, 0.2) is 8.32 Å². The quantitative estimate of drug-likeness (QED) is 0.312. The number of rotatable bonds is 7. The maximum atomic E-state index is 11.5. The van der Waals surface area contributed by atoms with E-state index in [0.717, 1.165) is 0 Å². The highest BCUT2D eigenvalue weighted by Gasteiger charge is 2.38. The molecule has 0 saturated heterocycles. The molecule has 1 amide bonds. The molecule has 0 aromatic heterocycles. The lowest BCUT2D eigenvalue weighted by molar-refractivity contribution is -0.162. The summed E-state index contributed by atoms with van der Waals surface area (Å²) in [5.74, 6) is -0.192. The highest BCUT2D eigenvalue weighted by molar-refractivity contribution is 6.74. The van der Waals surface area contributed by atoms with Gasteiger partial charge in [0.1, 0.15) is 0 Å². The van der Waals surface area contributed by atoms with Crippen LogP contribution in [-0.2, 0) is 14.1 Å². The molecule has 0 aliphatic heterocycles. The number of carbonyl (C=O) groups excluding carboxylic acids is 1. The minimum Gasteiger partial charge on any atom is -0.410 e. The maximum Gasteiger partial charge on any atom is 0.269 e. The van der Waals surface area contributed by atoms with Gasteiger partial charge in [-0.2, -0.15) is 0 Å². The second-order valence-electron chi connectivity index (χ2n) is 6.31. The van der Waals surface area contributed by atoms with Crippen molar-refractivity contribution in [3.8, 4) is 0 Å². The number of hydrogen-bond acceptors (Lipinski definition) is 3. The van der Waals surface area contributed by atoms with Gasteiger partial charge in [0, 0.05) is 13.1 Å². The molecule has 0 aromatic carbocycles. The van der Waals surface area contributed by atoms with Gasteiger partial charge in [-0.1, -0.05) is 32.9 Å². The molecule has 4 nitrogen and oxygen atoms in total. The molecule has 0 spiro atoms. The number of nitrogens with zero attached hydrogens (tertiary/aromatic N) is 1. The van der Waals surface area contributed by atoms with Crippen LogP contribution in [-0.4, -0.2) is 39.5 Å². The van der Waals surface area contributed by atoms with Crippen molar-refractivity contribution in [2.45, 2.75) is 51.4 Å². The van der Waals surface area contributed by atoms with Gasteiger partial charge < -0.3 is 4.43 Å². The SMILES string of the molecule is C=C[C@@H](C/C=C/C(=O)N(C)OC)O[Si](C)(C)C(C)(C)C. The number of likely N-dealkylation sites (N-methyl/N-ethyl adjacent to an activating group) is 1. The maximum absolute atomic E-state index is 11.5. The van der Waals surface area contributed by atoms with Gasteiger partial charge in [0.2, 0.25) is 0 Å². The van der Waals surface area contributed by atoms with E-state index in [1.165, 1.54) is 18.2 Å². The summed E-state index contributed by atoms with van der Waals surface area (Å²) >= 11 is 0. The molecular formula is C15H29NO3Si. The average molecular weight is 299 g/mol. The molecule has 5 heteroatoms. The second-order valence-corrected chi connectivity index (χ2v) is 11.1. The minimum atomic E-state index is -1.82. The van der Waals surface area contributed by atoms with E-state index in [-0.39, 0.29) is 17.0 Å². The summed E-state index contributed by atoms with van der Waals surface area (Å²) in [5, 5.41) is 1.33. The smallest absolute Gasteiger partial charge is 0.269 e. The van der Waals surface area contributed by atoms with Crippen molar-refractivity contribution in [2.75, 3.05) is 14.2 Å². The first-order valence-corrected chi connectivity index (χ1v) is 9.74. The molecule has 116 valence electrons. The summed E-state index contributed by atoms with van der Waals surface area (Å²) in [6, 6.07) is 0. The topological polar surface area (TPSA) is 38.8 Å². The first-order chi connectivity index (χ1) is 9.05. The molecule has 0 rings (SSSR count). The summed E-state index contributed by atoms with van der Waals surface area (Å²) in [6.07, 6.45) is 5.67. The third kappa shape index (κ3) is 6.03. The normalized spacial score (nSPS) is 14.3. The van der Waals surface area contributed by atoms with Gasteiger partial charge in [-0.25, -0.2) is 5.06 Å². The zero-order valence-electron chi connectivity index (χ0n) is 13.9. The number of carbonyl (C=O) groups is 1. The molecule has 0 aliphatic carbocycles. The number of hydrogen-bond donors (Lipinski definition) is 0. The molecule has 0 N–H and O–H groups in total. The Hall–Kier alpha value is -0.913. The number of hydroxylamine groups is 2. The Bertz CT molecular complexity index is 359. The summed E-state index contributed by atoms with van der Waals surface area (Å²) < 4.78 is 6.23. The molecular weight excluding hydrogens is 270 g/mol. The van der Waals surface area contributed by atoms with Crippen LogP contribution in [0.5, 0.6) is 0 Å². The predicted octanol–water partition coefficient (Wildman–Crippen LogP) is 3.53. The molecule has 0 unspecified atom stereocenters. The molecule has 0 aliphatic rings. The standard InChI is InChI=1S/C15H29NO3Si/c1-9-13(19-20(7,8)15(2,3)4)11-10-12-14(17)16(5)18-6/h9-10,12-13H,1,11H2,2-8H3/b12-10+/t13-/m0/s1. The highest BCUT2D eigenvalue weighted by Crippen LogP contribution is 2.37. The Kier molecular flexibility index (Phi) is 7.41. The molecule has 20 heavy (non-hydrogen) atoms. The Morgan fingerprint density at radius 2 is 1.95 bits per heavy atom. The first kappa shape index (κ1) is 19.1. The number of amides is 1. The van der Waals surface area contributed by atoms with Crippen LogP contribution in [0.2, 0.25) is 18.1 Å². The van der Waals surface area contributed by atoms with Gasteiger partial charge >= 0.3 is 0 Å². The van der Waals surface area contributed by atoms with Crippen molar-refractivity contribution in [3.05, 3.63) is 24.8 Å². The van der Waals surface area contributed by atoms with Gasteiger partial charge in [0.05, 0.1) is 13.2 Å². The monoisotopic (exact) mass is 299 g/mol. The van der Waals surface area contributed by atoms with Crippen LogP contribution < -0.4 is 0 Å². The fourth-order valence-corrected chi connectivity index (χ4v) is 2.55. The van der Waals surface area contributed by atoms with Crippen LogP contribution in [0.4, 0.5) is 0 Å². The molecule has 0 bridgehead atoms. The Morgan fingerprint density at radius 1 is 1.40 bits per heavy atom. The van der Waals surface area contributed by atoms with E-state index < -0.39 is 8.32 Å². The van der Waals surface area contributed by atoms with Crippen molar-refractivity contribution in [1.29, 1.82) is 0 Å². The Labute approximate surface area is 124 Å². The predicted molar refractivity (Wildman–Crippen MR) is 85.8 cm³/mol. The molecule has 0 heterocycles. The molecule has 0 aromatic rings. The van der Waals surface area contributed by atoms with Crippen molar-refractivity contribution < 1.29 is 14.1 Å². The minimum absolute atomic E-state index is 0.0622. The van der Waals surface area contributed by atoms with Gasteiger partial charge in [-0.15, -0.1) is 6.58 Å². The lowest BCUT2D eigenvalue weighted by Gasteiger charge is -2.38. The zero-order chi connectivity index (χ0) is 16.0. The van der Waals surface area contributed by atoms with Crippen molar-refractivity contribution in [3.63, 3.8) is 0 Å². The van der Waals surface area contributed by atoms with Crippen LogP contribution in [0.25, 0.3) is 0 Å². The molecule has 0 radical (unpaired) electrons. The third-order valence-corrected chi connectivity index (χ3v) is 8.23. The van der Waals surface area contributed by atoms with Crippen LogP contribution in [0.3, 0.4) is 0 Å².